The number of piperazine rings is 1. The molecule has 1 unspecified atom stereocenters. The van der Waals surface area contributed by atoms with E-state index in [0.29, 0.717) is 97.3 Å². The lowest BCUT2D eigenvalue weighted by Gasteiger charge is -2.36. The van der Waals surface area contributed by atoms with Gasteiger partial charge in [0.15, 0.2) is 5.82 Å². The molecule has 0 radical (unpaired) electrons. The molecule has 7 N–H and O–H groups in total. The standard InChI is InChI=1S/C42H47ClN12O7/c1-44-38(58)29-5-2-3-7-32(29)50-37-31(43)23-47-41(52-37)48-26-9-11-27(12-10-26)53-17-19-54(20-18-53)42(61)46-16-22-62-21-15-45-24-36(57)49-33-8-4-6-28-30(33)25-55(40(28)60)34-13-14-35(56)51-39(34)59/h2-12,23,34,45H,13-22,24-25H2,1H3,(H,44,58)(H,46,61)(H,49,57)(H,51,56,59)(H2,47,48,50,52). The van der Waals surface area contributed by atoms with E-state index in [1.807, 2.05) is 30.3 Å². The molecule has 0 aliphatic carbocycles. The quantitative estimate of drug-likeness (QED) is 0.0636. The van der Waals surface area contributed by atoms with Gasteiger partial charge in [-0.1, -0.05) is 29.8 Å². The Bertz CT molecular complexity index is 2320. The maximum atomic E-state index is 13.1. The second kappa shape index (κ2) is 20.2. The van der Waals surface area contributed by atoms with Crippen molar-refractivity contribution in [2.24, 2.45) is 0 Å². The summed E-state index contributed by atoms with van der Waals surface area (Å²) in [6, 6.07) is 19.0. The Labute approximate surface area is 362 Å². The summed E-state index contributed by atoms with van der Waals surface area (Å²) in [6.45, 7) is 3.96. The third kappa shape index (κ3) is 10.5. The molecule has 20 heteroatoms. The van der Waals surface area contributed by atoms with Gasteiger partial charge < -0.3 is 51.3 Å². The molecule has 3 aromatic carbocycles. The van der Waals surface area contributed by atoms with E-state index in [4.69, 9.17) is 16.3 Å². The molecule has 1 atom stereocenters. The number of hydrogen-bond donors (Lipinski definition) is 7. The smallest absolute Gasteiger partial charge is 0.317 e. The summed E-state index contributed by atoms with van der Waals surface area (Å²) in [7, 11) is 1.56. The van der Waals surface area contributed by atoms with Crippen LogP contribution in [0.5, 0.6) is 0 Å². The van der Waals surface area contributed by atoms with Gasteiger partial charge in [0, 0.05) is 87.5 Å². The number of benzene rings is 3. The summed E-state index contributed by atoms with van der Waals surface area (Å²) in [5, 5.41) is 20.3. The zero-order chi connectivity index (χ0) is 43.6. The van der Waals surface area contributed by atoms with E-state index in [-0.39, 0.29) is 55.6 Å². The van der Waals surface area contributed by atoms with Gasteiger partial charge in [-0.15, -0.1) is 0 Å². The molecule has 0 bridgehead atoms. The van der Waals surface area contributed by atoms with Crippen molar-refractivity contribution >= 4 is 81.7 Å². The van der Waals surface area contributed by atoms with Gasteiger partial charge in [0.05, 0.1) is 37.2 Å². The van der Waals surface area contributed by atoms with Crippen molar-refractivity contribution in [3.63, 3.8) is 0 Å². The Kier molecular flexibility index (Phi) is 14.1. The van der Waals surface area contributed by atoms with Gasteiger partial charge in [-0.05, 0) is 55.0 Å². The Morgan fingerprint density at radius 2 is 1.66 bits per heavy atom. The van der Waals surface area contributed by atoms with E-state index in [0.717, 1.165) is 11.4 Å². The minimum Gasteiger partial charge on any atom is -0.378 e. The van der Waals surface area contributed by atoms with Crippen LogP contribution < -0.4 is 42.1 Å². The number of nitrogens with zero attached hydrogens (tertiary/aromatic N) is 5. The van der Waals surface area contributed by atoms with E-state index >= 15 is 0 Å². The van der Waals surface area contributed by atoms with Crippen molar-refractivity contribution in [2.75, 3.05) is 86.9 Å². The Hall–Kier alpha value is -6.83. The van der Waals surface area contributed by atoms with Crippen LogP contribution in [0.1, 0.15) is 39.1 Å². The van der Waals surface area contributed by atoms with Crippen LogP contribution in [0, 0.1) is 0 Å². The summed E-state index contributed by atoms with van der Waals surface area (Å²) in [5.41, 5.74) is 4.32. The SMILES string of the molecule is CNC(=O)c1ccccc1Nc1nc(Nc2ccc(N3CCN(C(=O)NCCOCCNCC(=O)Nc4cccc5c4CN(C4CCC(=O)NC4=O)C5=O)CC3)cc2)ncc1Cl. The second-order valence-corrected chi connectivity index (χ2v) is 15.0. The number of para-hydroxylation sites is 1. The third-order valence-corrected chi connectivity index (χ3v) is 10.8. The fourth-order valence-corrected chi connectivity index (χ4v) is 7.45. The molecular weight excluding hydrogens is 820 g/mol. The number of hydrogen-bond acceptors (Lipinski definition) is 13. The van der Waals surface area contributed by atoms with Crippen LogP contribution in [-0.2, 0) is 25.7 Å². The van der Waals surface area contributed by atoms with Gasteiger partial charge >= 0.3 is 6.03 Å². The first kappa shape index (κ1) is 43.3. The molecule has 3 aliphatic heterocycles. The van der Waals surface area contributed by atoms with Crippen LogP contribution in [0.2, 0.25) is 5.02 Å². The molecule has 324 valence electrons. The lowest BCUT2D eigenvalue weighted by atomic mass is 10.0. The Morgan fingerprint density at radius 1 is 0.903 bits per heavy atom. The molecule has 2 saturated heterocycles. The number of fused-ring (bicyclic) bond motifs is 1. The van der Waals surface area contributed by atoms with E-state index in [2.05, 4.69) is 52.1 Å². The maximum absolute atomic E-state index is 13.1. The summed E-state index contributed by atoms with van der Waals surface area (Å²) in [4.78, 5) is 89.1. The van der Waals surface area contributed by atoms with Crippen LogP contribution in [0.15, 0.2) is 72.9 Å². The summed E-state index contributed by atoms with van der Waals surface area (Å²) in [6.07, 6.45) is 1.90. The number of aromatic nitrogens is 2. The number of carbonyl (C=O) groups excluding carboxylic acids is 6. The van der Waals surface area contributed by atoms with Gasteiger partial charge in [-0.3, -0.25) is 29.3 Å². The monoisotopic (exact) mass is 866 g/mol. The number of piperidine rings is 1. The van der Waals surface area contributed by atoms with E-state index in [1.54, 1.807) is 48.3 Å². The number of amides is 7. The fraction of sp³-hybridized carbons (Fsp3) is 0.333. The molecule has 0 spiro atoms. The summed E-state index contributed by atoms with van der Waals surface area (Å²) < 4.78 is 5.63. The molecule has 62 heavy (non-hydrogen) atoms. The lowest BCUT2D eigenvalue weighted by molar-refractivity contribution is -0.137. The summed E-state index contributed by atoms with van der Waals surface area (Å²) in [5.74, 6) is -1.04. The summed E-state index contributed by atoms with van der Waals surface area (Å²) >= 11 is 6.38. The van der Waals surface area contributed by atoms with Crippen molar-refractivity contribution in [3.05, 3.63) is 94.6 Å². The minimum absolute atomic E-state index is 0.0120. The van der Waals surface area contributed by atoms with Crippen molar-refractivity contribution in [1.29, 1.82) is 0 Å². The van der Waals surface area contributed by atoms with Crippen molar-refractivity contribution in [1.82, 2.24) is 41.0 Å². The minimum atomic E-state index is -0.739. The lowest BCUT2D eigenvalue weighted by Crippen LogP contribution is -2.52. The largest absolute Gasteiger partial charge is 0.378 e. The third-order valence-electron chi connectivity index (χ3n) is 10.5. The highest BCUT2D eigenvalue weighted by molar-refractivity contribution is 6.33. The topological polar surface area (TPSA) is 231 Å². The number of imide groups is 1. The van der Waals surface area contributed by atoms with Crippen molar-refractivity contribution in [3.8, 4) is 0 Å². The molecule has 7 amide bonds. The Morgan fingerprint density at radius 3 is 2.44 bits per heavy atom. The van der Waals surface area contributed by atoms with Crippen molar-refractivity contribution in [2.45, 2.75) is 25.4 Å². The van der Waals surface area contributed by atoms with Crippen LogP contribution in [-0.4, -0.2) is 127 Å². The van der Waals surface area contributed by atoms with Gasteiger partial charge in [-0.25, -0.2) is 9.78 Å². The van der Waals surface area contributed by atoms with Gasteiger partial charge in [-0.2, -0.15) is 4.98 Å². The first-order valence-electron chi connectivity index (χ1n) is 20.2. The molecule has 3 aliphatic rings. The van der Waals surface area contributed by atoms with Gasteiger partial charge in [0.25, 0.3) is 11.8 Å². The number of rotatable bonds is 16. The molecule has 1 aromatic heterocycles. The second-order valence-electron chi connectivity index (χ2n) is 14.6. The normalized spacial score (nSPS) is 16.1. The molecule has 4 heterocycles. The molecule has 7 rings (SSSR count). The van der Waals surface area contributed by atoms with E-state index in [1.165, 1.54) is 11.1 Å². The number of halogens is 1. The fourth-order valence-electron chi connectivity index (χ4n) is 7.31. The van der Waals surface area contributed by atoms with Crippen LogP contribution in [0.25, 0.3) is 0 Å². The van der Waals surface area contributed by atoms with E-state index < -0.39 is 11.9 Å². The van der Waals surface area contributed by atoms with Crippen LogP contribution in [0.3, 0.4) is 0 Å². The highest BCUT2D eigenvalue weighted by atomic mass is 35.5. The first-order chi connectivity index (χ1) is 30.1. The number of urea groups is 1. The predicted molar refractivity (Wildman–Crippen MR) is 232 cm³/mol. The Balaban J connectivity index is 0.764. The highest BCUT2D eigenvalue weighted by Gasteiger charge is 2.40. The molecule has 2 fully saturated rings. The van der Waals surface area contributed by atoms with Crippen LogP contribution >= 0.6 is 11.6 Å². The van der Waals surface area contributed by atoms with Crippen molar-refractivity contribution < 1.29 is 33.5 Å². The number of anilines is 6. The zero-order valence-corrected chi connectivity index (χ0v) is 34.7. The van der Waals surface area contributed by atoms with Crippen LogP contribution in [0.4, 0.5) is 39.3 Å². The predicted octanol–water partition coefficient (Wildman–Crippen LogP) is 2.81. The average Bonchev–Trinajstić information content (AvgIpc) is 3.62. The number of ether oxygens (including phenoxy) is 1. The molecule has 0 saturated carbocycles. The van der Waals surface area contributed by atoms with E-state index in [9.17, 15) is 28.8 Å². The molecule has 19 nitrogen and oxygen atoms in total. The molecule has 4 aromatic rings. The molecular formula is C42H47ClN12O7. The first-order valence-corrected chi connectivity index (χ1v) is 20.6. The van der Waals surface area contributed by atoms with Gasteiger partial charge in [0.2, 0.25) is 23.7 Å². The average molecular weight is 867 g/mol. The zero-order valence-electron chi connectivity index (χ0n) is 34.0. The number of carbonyl (C=O) groups is 6. The maximum Gasteiger partial charge on any atom is 0.317 e. The van der Waals surface area contributed by atoms with Gasteiger partial charge in [0.1, 0.15) is 11.1 Å². The highest BCUT2D eigenvalue weighted by Crippen LogP contribution is 2.32. The number of nitrogens with one attached hydrogen (secondary N) is 7.